The van der Waals surface area contributed by atoms with Crippen molar-refractivity contribution in [1.29, 1.82) is 0 Å². The standard InChI is InChI=1S/C19H22N4O/c24-19-21-17-9-8-15(11-18(17)22-19)20-16-7-4-10-23(13-16)12-14-5-2-1-3-6-14/h1-3,5-6,8-9,11,16,20H,4,7,10,12-13H2,(H2,21,22,24). The van der Waals surface area contributed by atoms with E-state index in [1.54, 1.807) is 0 Å². The molecular weight excluding hydrogens is 300 g/mol. The van der Waals surface area contributed by atoms with Crippen molar-refractivity contribution in [3.8, 4) is 0 Å². The number of hydrogen-bond acceptors (Lipinski definition) is 3. The van der Waals surface area contributed by atoms with E-state index in [0.717, 1.165) is 36.4 Å². The lowest BCUT2D eigenvalue weighted by Gasteiger charge is -2.33. The Morgan fingerprint density at radius 3 is 2.79 bits per heavy atom. The lowest BCUT2D eigenvalue weighted by Crippen LogP contribution is -2.41. The fraction of sp³-hybridized carbons (Fsp3) is 0.316. The molecule has 1 aromatic heterocycles. The number of benzene rings is 2. The van der Waals surface area contributed by atoms with Crippen LogP contribution in [-0.4, -0.2) is 34.0 Å². The van der Waals surface area contributed by atoms with Gasteiger partial charge < -0.3 is 15.3 Å². The zero-order chi connectivity index (χ0) is 16.4. The van der Waals surface area contributed by atoms with Crippen LogP contribution < -0.4 is 11.0 Å². The number of anilines is 1. The van der Waals surface area contributed by atoms with Crippen molar-refractivity contribution in [2.75, 3.05) is 18.4 Å². The average molecular weight is 322 g/mol. The second-order valence-electron chi connectivity index (χ2n) is 6.54. The van der Waals surface area contributed by atoms with Gasteiger partial charge in [-0.3, -0.25) is 4.90 Å². The van der Waals surface area contributed by atoms with Gasteiger partial charge in [-0.25, -0.2) is 4.79 Å². The number of H-pyrrole nitrogens is 2. The van der Waals surface area contributed by atoms with Crippen LogP contribution in [0.4, 0.5) is 5.69 Å². The lowest BCUT2D eigenvalue weighted by atomic mass is 10.0. The smallest absolute Gasteiger partial charge is 0.323 e. The summed E-state index contributed by atoms with van der Waals surface area (Å²) in [5.74, 6) is 0. The molecule has 2 heterocycles. The van der Waals surface area contributed by atoms with Crippen LogP contribution in [-0.2, 0) is 6.54 Å². The van der Waals surface area contributed by atoms with E-state index in [1.165, 1.54) is 18.4 Å². The number of likely N-dealkylation sites (tertiary alicyclic amines) is 1. The monoisotopic (exact) mass is 322 g/mol. The Bertz CT molecular complexity index is 868. The minimum Gasteiger partial charge on any atom is -0.381 e. The summed E-state index contributed by atoms with van der Waals surface area (Å²) in [5, 5.41) is 3.62. The number of imidazole rings is 1. The van der Waals surface area contributed by atoms with E-state index in [1.807, 2.05) is 18.2 Å². The molecule has 3 aromatic rings. The first-order valence-electron chi connectivity index (χ1n) is 8.51. The van der Waals surface area contributed by atoms with Gasteiger partial charge in [0.1, 0.15) is 0 Å². The third kappa shape index (κ3) is 3.36. The number of fused-ring (bicyclic) bond motifs is 1. The molecule has 0 amide bonds. The first-order valence-corrected chi connectivity index (χ1v) is 8.51. The third-order valence-corrected chi connectivity index (χ3v) is 4.64. The summed E-state index contributed by atoms with van der Waals surface area (Å²) < 4.78 is 0. The van der Waals surface area contributed by atoms with E-state index in [4.69, 9.17) is 0 Å². The Morgan fingerprint density at radius 2 is 1.92 bits per heavy atom. The first-order chi connectivity index (χ1) is 11.8. The lowest BCUT2D eigenvalue weighted by molar-refractivity contribution is 0.208. The molecule has 24 heavy (non-hydrogen) atoms. The average Bonchev–Trinajstić information content (AvgIpc) is 2.95. The molecule has 1 unspecified atom stereocenters. The number of piperidine rings is 1. The highest BCUT2D eigenvalue weighted by Crippen LogP contribution is 2.20. The van der Waals surface area contributed by atoms with Crippen LogP contribution in [0.15, 0.2) is 53.3 Å². The van der Waals surface area contributed by atoms with Gasteiger partial charge in [-0.1, -0.05) is 30.3 Å². The van der Waals surface area contributed by atoms with E-state index in [0.29, 0.717) is 6.04 Å². The van der Waals surface area contributed by atoms with Gasteiger partial charge in [0, 0.05) is 24.8 Å². The molecule has 3 N–H and O–H groups in total. The minimum atomic E-state index is -0.158. The van der Waals surface area contributed by atoms with Gasteiger partial charge in [-0.2, -0.15) is 0 Å². The Kier molecular flexibility index (Phi) is 4.09. The number of rotatable bonds is 4. The SMILES string of the molecule is O=c1[nH]c2ccc(NC3CCCN(Cc4ccccc4)C3)cc2[nH]1. The maximum atomic E-state index is 11.4. The summed E-state index contributed by atoms with van der Waals surface area (Å²) >= 11 is 0. The zero-order valence-electron chi connectivity index (χ0n) is 13.6. The van der Waals surface area contributed by atoms with E-state index in [2.05, 4.69) is 50.5 Å². The molecule has 124 valence electrons. The number of nitrogens with one attached hydrogen (secondary N) is 3. The quantitative estimate of drug-likeness (QED) is 0.692. The summed E-state index contributed by atoms with van der Waals surface area (Å²) in [4.78, 5) is 19.5. The molecule has 1 atom stereocenters. The molecule has 1 aliphatic heterocycles. The van der Waals surface area contributed by atoms with Crippen molar-refractivity contribution in [2.24, 2.45) is 0 Å². The molecule has 5 nitrogen and oxygen atoms in total. The predicted octanol–water partition coefficient (Wildman–Crippen LogP) is 2.93. The summed E-state index contributed by atoms with van der Waals surface area (Å²) in [6, 6.07) is 17.0. The normalized spacial score (nSPS) is 18.8. The largest absolute Gasteiger partial charge is 0.381 e. The number of nitrogens with zero attached hydrogens (tertiary/aromatic N) is 1. The van der Waals surface area contributed by atoms with Crippen molar-refractivity contribution in [1.82, 2.24) is 14.9 Å². The molecule has 0 bridgehead atoms. The topological polar surface area (TPSA) is 63.9 Å². The Balaban J connectivity index is 1.42. The first kappa shape index (κ1) is 15.0. The summed E-state index contributed by atoms with van der Waals surface area (Å²) in [6.45, 7) is 3.19. The molecule has 2 aromatic carbocycles. The molecule has 5 heteroatoms. The predicted molar refractivity (Wildman–Crippen MR) is 97.3 cm³/mol. The van der Waals surface area contributed by atoms with Gasteiger partial charge in [0.25, 0.3) is 0 Å². The van der Waals surface area contributed by atoms with Crippen molar-refractivity contribution in [2.45, 2.75) is 25.4 Å². The van der Waals surface area contributed by atoms with Gasteiger partial charge >= 0.3 is 5.69 Å². The molecule has 1 fully saturated rings. The minimum absolute atomic E-state index is 0.158. The summed E-state index contributed by atoms with van der Waals surface area (Å²) in [6.07, 6.45) is 2.38. The zero-order valence-corrected chi connectivity index (χ0v) is 13.6. The van der Waals surface area contributed by atoms with Gasteiger partial charge in [0.2, 0.25) is 0 Å². The Labute approximate surface area is 140 Å². The van der Waals surface area contributed by atoms with Crippen molar-refractivity contribution >= 4 is 16.7 Å². The molecule has 0 saturated carbocycles. The molecule has 1 saturated heterocycles. The molecule has 0 radical (unpaired) electrons. The van der Waals surface area contributed by atoms with Crippen LogP contribution in [0, 0.1) is 0 Å². The maximum absolute atomic E-state index is 11.4. The van der Waals surface area contributed by atoms with E-state index < -0.39 is 0 Å². The van der Waals surface area contributed by atoms with Gasteiger partial charge in [0.05, 0.1) is 11.0 Å². The highest BCUT2D eigenvalue weighted by atomic mass is 16.1. The second kappa shape index (κ2) is 6.53. The molecule has 4 rings (SSSR count). The summed E-state index contributed by atoms with van der Waals surface area (Å²) in [7, 11) is 0. The Hall–Kier alpha value is -2.53. The van der Waals surface area contributed by atoms with Crippen LogP contribution in [0.5, 0.6) is 0 Å². The van der Waals surface area contributed by atoms with Crippen LogP contribution in [0.1, 0.15) is 18.4 Å². The Morgan fingerprint density at radius 1 is 1.08 bits per heavy atom. The van der Waals surface area contributed by atoms with E-state index >= 15 is 0 Å². The highest BCUT2D eigenvalue weighted by molar-refractivity contribution is 5.78. The van der Waals surface area contributed by atoms with Crippen LogP contribution >= 0.6 is 0 Å². The molecule has 0 aliphatic carbocycles. The van der Waals surface area contributed by atoms with E-state index in [9.17, 15) is 4.79 Å². The van der Waals surface area contributed by atoms with Crippen LogP contribution in [0.3, 0.4) is 0 Å². The number of aromatic amines is 2. The summed E-state index contributed by atoms with van der Waals surface area (Å²) in [5.41, 5.74) is 3.96. The fourth-order valence-corrected chi connectivity index (χ4v) is 3.52. The number of aromatic nitrogens is 2. The molecule has 1 aliphatic rings. The van der Waals surface area contributed by atoms with Gasteiger partial charge in [-0.05, 0) is 43.1 Å². The van der Waals surface area contributed by atoms with Crippen LogP contribution in [0.2, 0.25) is 0 Å². The molecule has 0 spiro atoms. The van der Waals surface area contributed by atoms with Gasteiger partial charge in [0.15, 0.2) is 0 Å². The molecular formula is C19H22N4O. The second-order valence-corrected chi connectivity index (χ2v) is 6.54. The van der Waals surface area contributed by atoms with Crippen molar-refractivity contribution in [3.05, 3.63) is 64.6 Å². The van der Waals surface area contributed by atoms with Crippen molar-refractivity contribution < 1.29 is 0 Å². The van der Waals surface area contributed by atoms with Gasteiger partial charge in [-0.15, -0.1) is 0 Å². The van der Waals surface area contributed by atoms with Crippen LogP contribution in [0.25, 0.3) is 11.0 Å². The fourth-order valence-electron chi connectivity index (χ4n) is 3.52. The third-order valence-electron chi connectivity index (χ3n) is 4.64. The van der Waals surface area contributed by atoms with Crippen molar-refractivity contribution in [3.63, 3.8) is 0 Å². The van der Waals surface area contributed by atoms with E-state index in [-0.39, 0.29) is 5.69 Å². The highest BCUT2D eigenvalue weighted by Gasteiger charge is 2.19. The number of hydrogen-bond donors (Lipinski definition) is 3. The maximum Gasteiger partial charge on any atom is 0.323 e.